The molecular formula is C12H13BrN2S. The molecule has 1 heterocycles. The van der Waals surface area contributed by atoms with Gasteiger partial charge in [-0.1, -0.05) is 46.7 Å². The van der Waals surface area contributed by atoms with Crippen LogP contribution < -0.4 is 0 Å². The monoisotopic (exact) mass is 296 g/mol. The summed E-state index contributed by atoms with van der Waals surface area (Å²) in [6, 6.07) is 8.30. The molecule has 1 aromatic carbocycles. The third-order valence-corrected chi connectivity index (χ3v) is 3.81. The van der Waals surface area contributed by atoms with E-state index in [-0.39, 0.29) is 0 Å². The molecular weight excluding hydrogens is 284 g/mol. The van der Waals surface area contributed by atoms with Crippen molar-refractivity contribution in [2.24, 2.45) is 7.05 Å². The van der Waals surface area contributed by atoms with Crippen LogP contribution >= 0.6 is 27.7 Å². The Morgan fingerprint density at radius 2 is 2.00 bits per heavy atom. The number of nitrogens with zero attached hydrogens (tertiary/aromatic N) is 2. The molecule has 0 amide bonds. The number of imidazole rings is 1. The van der Waals surface area contributed by atoms with E-state index in [2.05, 4.69) is 63.7 Å². The van der Waals surface area contributed by atoms with Crippen molar-refractivity contribution in [2.45, 2.75) is 12.1 Å². The molecule has 0 aliphatic heterocycles. The van der Waals surface area contributed by atoms with Gasteiger partial charge in [-0.15, -0.1) is 0 Å². The fraction of sp³-hybridized carbons (Fsp3) is 0.250. The minimum Gasteiger partial charge on any atom is -0.322 e. The smallest absolute Gasteiger partial charge is 0.168 e. The Morgan fingerprint density at radius 1 is 1.31 bits per heavy atom. The highest BCUT2D eigenvalue weighted by atomic mass is 79.9. The topological polar surface area (TPSA) is 17.8 Å². The van der Waals surface area contributed by atoms with Gasteiger partial charge >= 0.3 is 0 Å². The second-order valence-electron chi connectivity index (χ2n) is 3.42. The first-order valence-corrected chi connectivity index (χ1v) is 6.90. The summed E-state index contributed by atoms with van der Waals surface area (Å²) in [7, 11) is 2.06. The second-order valence-corrected chi connectivity index (χ2v) is 5.57. The van der Waals surface area contributed by atoms with Gasteiger partial charge in [0.15, 0.2) is 5.16 Å². The first-order valence-electron chi connectivity index (χ1n) is 5.13. The van der Waals surface area contributed by atoms with Crippen LogP contribution in [0.4, 0.5) is 0 Å². The fourth-order valence-corrected chi connectivity index (χ4v) is 2.49. The molecule has 1 aromatic heterocycles. The summed E-state index contributed by atoms with van der Waals surface area (Å²) in [5, 5.41) is 1.07. The van der Waals surface area contributed by atoms with Gasteiger partial charge in [-0.3, -0.25) is 0 Å². The lowest BCUT2D eigenvalue weighted by Crippen LogP contribution is -1.93. The summed E-state index contributed by atoms with van der Waals surface area (Å²) in [5.74, 6) is 1.05. The van der Waals surface area contributed by atoms with E-state index in [1.54, 1.807) is 11.8 Å². The molecule has 0 aliphatic rings. The van der Waals surface area contributed by atoms with Crippen LogP contribution in [0.15, 0.2) is 40.1 Å². The number of rotatable bonds is 3. The van der Waals surface area contributed by atoms with Crippen molar-refractivity contribution >= 4 is 27.7 Å². The van der Waals surface area contributed by atoms with Crippen molar-refractivity contribution in [3.63, 3.8) is 0 Å². The Labute approximate surface area is 108 Å². The number of hydrogen-bond acceptors (Lipinski definition) is 2. The highest BCUT2D eigenvalue weighted by molar-refractivity contribution is 9.10. The maximum atomic E-state index is 4.42. The van der Waals surface area contributed by atoms with E-state index in [1.807, 2.05) is 6.20 Å². The van der Waals surface area contributed by atoms with Gasteiger partial charge in [0.05, 0.1) is 11.9 Å². The normalized spacial score (nSPS) is 10.7. The molecule has 2 aromatic rings. The predicted molar refractivity (Wildman–Crippen MR) is 72.7 cm³/mol. The van der Waals surface area contributed by atoms with Gasteiger partial charge in [0, 0.05) is 11.5 Å². The molecule has 0 fully saturated rings. The zero-order valence-corrected chi connectivity index (χ0v) is 11.7. The van der Waals surface area contributed by atoms with E-state index in [9.17, 15) is 0 Å². The molecule has 4 heteroatoms. The van der Waals surface area contributed by atoms with E-state index in [0.717, 1.165) is 21.1 Å². The fourth-order valence-electron chi connectivity index (χ4n) is 1.54. The van der Waals surface area contributed by atoms with Crippen molar-refractivity contribution in [1.29, 1.82) is 0 Å². The first-order chi connectivity index (χ1) is 7.72. The standard InChI is InChI=1S/C12H13BrN2S/c1-3-16-12-14-8-11(15(12)2)9-4-6-10(13)7-5-9/h4-8H,3H2,1-2H3. The lowest BCUT2D eigenvalue weighted by molar-refractivity contribution is 0.797. The van der Waals surface area contributed by atoms with E-state index < -0.39 is 0 Å². The third-order valence-electron chi connectivity index (χ3n) is 2.36. The first kappa shape index (κ1) is 11.7. The molecule has 0 saturated heterocycles. The van der Waals surface area contributed by atoms with Crippen molar-refractivity contribution in [3.05, 3.63) is 34.9 Å². The summed E-state index contributed by atoms with van der Waals surface area (Å²) < 4.78 is 3.23. The molecule has 0 atom stereocenters. The zero-order chi connectivity index (χ0) is 11.5. The molecule has 2 rings (SSSR count). The molecule has 0 unspecified atom stereocenters. The van der Waals surface area contributed by atoms with Crippen molar-refractivity contribution < 1.29 is 0 Å². The Bertz CT molecular complexity index is 476. The van der Waals surface area contributed by atoms with Crippen LogP contribution in [0, 0.1) is 0 Å². The average Bonchev–Trinajstić information content (AvgIpc) is 2.63. The van der Waals surface area contributed by atoms with Crippen LogP contribution in [0.2, 0.25) is 0 Å². The van der Waals surface area contributed by atoms with Gasteiger partial charge in [0.1, 0.15) is 0 Å². The Balaban J connectivity index is 2.37. The highest BCUT2D eigenvalue weighted by Crippen LogP contribution is 2.25. The Hall–Kier alpha value is -0.740. The van der Waals surface area contributed by atoms with E-state index >= 15 is 0 Å². The van der Waals surface area contributed by atoms with Gasteiger partial charge in [0.2, 0.25) is 0 Å². The van der Waals surface area contributed by atoms with Crippen LogP contribution in [-0.4, -0.2) is 15.3 Å². The minimum absolute atomic E-state index is 1.05. The number of thioether (sulfide) groups is 1. The summed E-state index contributed by atoms with van der Waals surface area (Å²) in [5.41, 5.74) is 2.35. The molecule has 0 bridgehead atoms. The number of aromatic nitrogens is 2. The Kier molecular flexibility index (Phi) is 3.71. The predicted octanol–water partition coefficient (Wildman–Crippen LogP) is 3.96. The minimum atomic E-state index is 1.05. The van der Waals surface area contributed by atoms with Gasteiger partial charge in [-0.25, -0.2) is 4.98 Å². The lowest BCUT2D eigenvalue weighted by Gasteiger charge is -2.05. The largest absolute Gasteiger partial charge is 0.322 e. The molecule has 0 radical (unpaired) electrons. The molecule has 2 nitrogen and oxygen atoms in total. The number of hydrogen-bond donors (Lipinski definition) is 0. The van der Waals surface area contributed by atoms with E-state index in [4.69, 9.17) is 0 Å². The van der Waals surface area contributed by atoms with Crippen molar-refractivity contribution in [1.82, 2.24) is 9.55 Å². The van der Waals surface area contributed by atoms with Crippen molar-refractivity contribution in [2.75, 3.05) is 5.75 Å². The summed E-state index contributed by atoms with van der Waals surface area (Å²) in [6.45, 7) is 2.14. The van der Waals surface area contributed by atoms with Crippen molar-refractivity contribution in [3.8, 4) is 11.3 Å². The van der Waals surface area contributed by atoms with Gasteiger partial charge < -0.3 is 4.57 Å². The highest BCUT2D eigenvalue weighted by Gasteiger charge is 2.07. The van der Waals surface area contributed by atoms with Crippen LogP contribution in [0.5, 0.6) is 0 Å². The van der Waals surface area contributed by atoms with Gasteiger partial charge in [-0.2, -0.15) is 0 Å². The summed E-state index contributed by atoms with van der Waals surface area (Å²) in [6.07, 6.45) is 1.93. The van der Waals surface area contributed by atoms with E-state index in [0.29, 0.717) is 0 Å². The maximum Gasteiger partial charge on any atom is 0.168 e. The molecule has 16 heavy (non-hydrogen) atoms. The SMILES string of the molecule is CCSc1ncc(-c2ccc(Br)cc2)n1C. The molecule has 0 aliphatic carbocycles. The maximum absolute atomic E-state index is 4.42. The summed E-state index contributed by atoms with van der Waals surface area (Å²) >= 11 is 5.20. The Morgan fingerprint density at radius 3 is 2.62 bits per heavy atom. The van der Waals surface area contributed by atoms with Crippen LogP contribution in [0.3, 0.4) is 0 Å². The second kappa shape index (κ2) is 5.06. The lowest BCUT2D eigenvalue weighted by atomic mass is 10.2. The summed E-state index contributed by atoms with van der Waals surface area (Å²) in [4.78, 5) is 4.42. The number of halogens is 1. The average molecular weight is 297 g/mol. The molecule has 84 valence electrons. The van der Waals surface area contributed by atoms with Gasteiger partial charge in [0.25, 0.3) is 0 Å². The van der Waals surface area contributed by atoms with Crippen LogP contribution in [0.25, 0.3) is 11.3 Å². The number of benzene rings is 1. The quantitative estimate of drug-likeness (QED) is 0.798. The van der Waals surface area contributed by atoms with Crippen LogP contribution in [0.1, 0.15) is 6.92 Å². The van der Waals surface area contributed by atoms with Gasteiger partial charge in [-0.05, 0) is 23.4 Å². The third kappa shape index (κ3) is 2.33. The van der Waals surface area contributed by atoms with Crippen LogP contribution in [-0.2, 0) is 7.05 Å². The zero-order valence-electron chi connectivity index (χ0n) is 9.27. The molecule has 0 N–H and O–H groups in total. The van der Waals surface area contributed by atoms with E-state index in [1.165, 1.54) is 5.56 Å². The molecule has 0 spiro atoms. The molecule has 0 saturated carbocycles.